The largest absolute Gasteiger partial charge is 0.456 e. The lowest BCUT2D eigenvalue weighted by Gasteiger charge is -2.21. The molecule has 47 heavy (non-hydrogen) atoms. The average Bonchev–Trinajstić information content (AvgIpc) is 3.47. The topological polar surface area (TPSA) is 13.1 Å². The van der Waals surface area contributed by atoms with Crippen molar-refractivity contribution in [2.45, 2.75) is 26.2 Å². The van der Waals surface area contributed by atoms with Gasteiger partial charge in [0.05, 0.1) is 0 Å². The fraction of sp³-hybridized carbons (Fsp3) is 0.0870. The Labute approximate surface area is 274 Å². The fourth-order valence-electron chi connectivity index (χ4n) is 7.46. The maximum Gasteiger partial charge on any atom is 0.136 e. The van der Waals surface area contributed by atoms with Crippen molar-refractivity contribution >= 4 is 54.3 Å². The smallest absolute Gasteiger partial charge is 0.136 e. The molecule has 0 unspecified atom stereocenters. The zero-order valence-corrected chi connectivity index (χ0v) is 26.8. The van der Waals surface area contributed by atoms with Gasteiger partial charge in [-0.2, -0.15) is 0 Å². The second-order valence-electron chi connectivity index (χ2n) is 13.7. The van der Waals surface area contributed by atoms with Gasteiger partial charge < -0.3 is 4.42 Å². The summed E-state index contributed by atoms with van der Waals surface area (Å²) in [7, 11) is 0. The zero-order chi connectivity index (χ0) is 31.7. The van der Waals surface area contributed by atoms with Crippen LogP contribution in [0.15, 0.2) is 156 Å². The van der Waals surface area contributed by atoms with E-state index in [9.17, 15) is 0 Å². The molecule has 0 radical (unpaired) electrons. The first-order chi connectivity index (χ1) is 22.9. The molecule has 0 amide bonds. The van der Waals surface area contributed by atoms with Gasteiger partial charge in [-0.1, -0.05) is 148 Å². The van der Waals surface area contributed by atoms with Crippen molar-refractivity contribution in [2.75, 3.05) is 0 Å². The van der Waals surface area contributed by atoms with Gasteiger partial charge in [-0.3, -0.25) is 0 Å². The molecule has 1 heteroatoms. The van der Waals surface area contributed by atoms with Gasteiger partial charge in [-0.25, -0.2) is 0 Å². The van der Waals surface area contributed by atoms with E-state index in [1.165, 1.54) is 60.1 Å². The predicted octanol–water partition coefficient (Wildman–Crippen LogP) is 13.3. The molecular formula is C46H34O. The van der Waals surface area contributed by atoms with E-state index in [1.54, 1.807) is 0 Å². The maximum absolute atomic E-state index is 6.64. The Balaban J connectivity index is 1.23. The molecule has 0 aliphatic heterocycles. The molecule has 9 aromatic rings. The molecule has 224 valence electrons. The highest BCUT2D eigenvalue weighted by Crippen LogP contribution is 2.45. The summed E-state index contributed by atoms with van der Waals surface area (Å²) in [5, 5.41) is 9.77. The van der Waals surface area contributed by atoms with Crippen molar-refractivity contribution in [1.82, 2.24) is 0 Å². The van der Waals surface area contributed by atoms with Gasteiger partial charge in [0.25, 0.3) is 0 Å². The van der Waals surface area contributed by atoms with Crippen molar-refractivity contribution in [3.8, 4) is 33.4 Å². The van der Waals surface area contributed by atoms with Gasteiger partial charge in [-0.05, 0) is 101 Å². The summed E-state index contributed by atoms with van der Waals surface area (Å²) in [4.78, 5) is 0. The van der Waals surface area contributed by atoms with Gasteiger partial charge in [0.2, 0.25) is 0 Å². The van der Waals surface area contributed by atoms with Crippen LogP contribution in [0.4, 0.5) is 0 Å². The molecule has 1 aromatic heterocycles. The molecule has 8 aromatic carbocycles. The van der Waals surface area contributed by atoms with Crippen molar-refractivity contribution in [1.29, 1.82) is 0 Å². The Morgan fingerprint density at radius 3 is 1.45 bits per heavy atom. The standard InChI is InChI=1S/C46H34O/c1-46(2,3)33-23-19-30(20-24-33)44-38-14-6-8-16-40(38)45(41-17-9-7-15-39(41)44)32-22-26-37-36-25-21-31(27-42(36)47-43(37)28-32)35-18-10-12-29-11-4-5-13-34(29)35/h4-28H,1-3H3. The Bertz CT molecular complexity index is 2580. The highest BCUT2D eigenvalue weighted by atomic mass is 16.3. The Morgan fingerprint density at radius 1 is 0.383 bits per heavy atom. The summed E-state index contributed by atoms with van der Waals surface area (Å²) in [6.45, 7) is 6.80. The van der Waals surface area contributed by atoms with Crippen molar-refractivity contribution in [3.05, 3.63) is 157 Å². The number of furan rings is 1. The third kappa shape index (κ3) is 4.46. The Hall–Kier alpha value is -5.66. The van der Waals surface area contributed by atoms with Gasteiger partial charge in [0, 0.05) is 10.8 Å². The SMILES string of the molecule is CC(C)(C)c1ccc(-c2c3ccccc3c(-c3ccc4c(c3)oc3cc(-c5cccc6ccccc56)ccc34)c3ccccc23)cc1. The molecule has 0 atom stereocenters. The van der Waals surface area contributed by atoms with Crippen LogP contribution in [-0.2, 0) is 5.41 Å². The third-order valence-electron chi connectivity index (χ3n) is 9.83. The molecular weight excluding hydrogens is 569 g/mol. The predicted molar refractivity (Wildman–Crippen MR) is 201 cm³/mol. The van der Waals surface area contributed by atoms with Crippen LogP contribution < -0.4 is 0 Å². The lowest BCUT2D eigenvalue weighted by atomic mass is 9.83. The van der Waals surface area contributed by atoms with E-state index >= 15 is 0 Å². The first-order valence-electron chi connectivity index (χ1n) is 16.4. The Morgan fingerprint density at radius 2 is 0.851 bits per heavy atom. The monoisotopic (exact) mass is 602 g/mol. The van der Waals surface area contributed by atoms with Gasteiger partial charge in [0.1, 0.15) is 11.2 Å². The van der Waals surface area contributed by atoms with E-state index in [0.29, 0.717) is 0 Å². The normalized spacial score (nSPS) is 12.1. The second kappa shape index (κ2) is 10.4. The molecule has 0 saturated heterocycles. The van der Waals surface area contributed by atoms with E-state index in [1.807, 2.05) is 0 Å². The highest BCUT2D eigenvalue weighted by Gasteiger charge is 2.19. The van der Waals surface area contributed by atoms with Crippen LogP contribution in [0.2, 0.25) is 0 Å². The minimum atomic E-state index is 0.110. The summed E-state index contributed by atoms with van der Waals surface area (Å²) in [5.74, 6) is 0. The van der Waals surface area contributed by atoms with E-state index < -0.39 is 0 Å². The molecule has 0 spiro atoms. The first kappa shape index (κ1) is 27.6. The van der Waals surface area contributed by atoms with Gasteiger partial charge >= 0.3 is 0 Å². The highest BCUT2D eigenvalue weighted by molar-refractivity contribution is 6.22. The zero-order valence-electron chi connectivity index (χ0n) is 26.8. The van der Waals surface area contributed by atoms with E-state index in [2.05, 4.69) is 172 Å². The lowest BCUT2D eigenvalue weighted by molar-refractivity contribution is 0.590. The fourth-order valence-corrected chi connectivity index (χ4v) is 7.46. The van der Waals surface area contributed by atoms with Gasteiger partial charge in [-0.15, -0.1) is 0 Å². The van der Waals surface area contributed by atoms with Crippen molar-refractivity contribution in [3.63, 3.8) is 0 Å². The molecule has 0 aliphatic rings. The summed E-state index contributed by atoms with van der Waals surface area (Å²) in [6, 6.07) is 55.3. The van der Waals surface area contributed by atoms with Crippen LogP contribution in [0.3, 0.4) is 0 Å². The van der Waals surface area contributed by atoms with Gasteiger partial charge in [0.15, 0.2) is 0 Å². The second-order valence-corrected chi connectivity index (χ2v) is 13.7. The molecule has 1 heterocycles. The molecule has 1 nitrogen and oxygen atoms in total. The lowest BCUT2D eigenvalue weighted by Crippen LogP contribution is -2.10. The molecule has 9 rings (SSSR count). The average molecular weight is 603 g/mol. The Kier molecular flexibility index (Phi) is 6.14. The van der Waals surface area contributed by atoms with Crippen molar-refractivity contribution < 1.29 is 4.42 Å². The summed E-state index contributed by atoms with van der Waals surface area (Å²) >= 11 is 0. The number of fused-ring (bicyclic) bond motifs is 6. The minimum absolute atomic E-state index is 0.110. The third-order valence-corrected chi connectivity index (χ3v) is 9.83. The van der Waals surface area contributed by atoms with Crippen LogP contribution in [-0.4, -0.2) is 0 Å². The molecule has 0 saturated carbocycles. The van der Waals surface area contributed by atoms with Crippen LogP contribution in [0.25, 0.3) is 87.6 Å². The van der Waals surface area contributed by atoms with Crippen LogP contribution >= 0.6 is 0 Å². The summed E-state index contributed by atoms with van der Waals surface area (Å²) in [5.41, 5.74) is 10.6. The minimum Gasteiger partial charge on any atom is -0.456 e. The molecule has 0 N–H and O–H groups in total. The quantitative estimate of drug-likeness (QED) is 0.183. The van der Waals surface area contributed by atoms with E-state index in [4.69, 9.17) is 4.42 Å². The van der Waals surface area contributed by atoms with Crippen LogP contribution in [0, 0.1) is 0 Å². The maximum atomic E-state index is 6.64. The summed E-state index contributed by atoms with van der Waals surface area (Å²) < 4.78 is 6.64. The first-order valence-corrected chi connectivity index (χ1v) is 16.4. The van der Waals surface area contributed by atoms with Crippen LogP contribution in [0.5, 0.6) is 0 Å². The van der Waals surface area contributed by atoms with E-state index in [-0.39, 0.29) is 5.41 Å². The molecule has 0 fully saturated rings. The number of rotatable bonds is 3. The molecule has 0 bridgehead atoms. The van der Waals surface area contributed by atoms with Crippen molar-refractivity contribution in [2.24, 2.45) is 0 Å². The number of benzene rings is 8. The number of hydrogen-bond donors (Lipinski definition) is 0. The van der Waals surface area contributed by atoms with Crippen LogP contribution in [0.1, 0.15) is 26.3 Å². The summed E-state index contributed by atoms with van der Waals surface area (Å²) in [6.07, 6.45) is 0. The number of hydrogen-bond acceptors (Lipinski definition) is 1. The molecule has 0 aliphatic carbocycles. The van der Waals surface area contributed by atoms with E-state index in [0.717, 1.165) is 33.1 Å².